The Bertz CT molecular complexity index is 2030. The predicted octanol–water partition coefficient (Wildman–Crippen LogP) is 16.1. The topological polar surface area (TPSA) is 228 Å². The van der Waals surface area contributed by atoms with E-state index in [1.54, 1.807) is 0 Å². The Morgan fingerprint density at radius 2 is 0.742 bits per heavy atom. The van der Waals surface area contributed by atoms with Crippen LogP contribution in [0.2, 0.25) is 0 Å². The van der Waals surface area contributed by atoms with E-state index in [0.29, 0.717) is 12.8 Å². The molecule has 2 aliphatic heterocycles. The summed E-state index contributed by atoms with van der Waals surface area (Å²) in [5.74, 6) is -0.233. The highest BCUT2D eigenvalue weighted by Gasteiger charge is 2.51. The van der Waals surface area contributed by atoms with Crippen LogP contribution in [0.4, 0.5) is 0 Å². The van der Waals surface area contributed by atoms with Crippen LogP contribution in [-0.4, -0.2) is 140 Å². The molecule has 12 atom stereocenters. The summed E-state index contributed by atoms with van der Waals surface area (Å²) in [5.41, 5.74) is 0. The number of carbonyl (C=O) groups excluding carboxylic acids is 1. The van der Waals surface area contributed by atoms with E-state index in [4.69, 9.17) is 18.9 Å². The first-order valence-corrected chi connectivity index (χ1v) is 37.3. The number of nitrogens with one attached hydrogen (secondary N) is 1. The summed E-state index contributed by atoms with van der Waals surface area (Å²) in [6.07, 6.45) is 73.5. The Labute approximate surface area is 565 Å². The highest BCUT2D eigenvalue weighted by molar-refractivity contribution is 5.76. The van der Waals surface area contributed by atoms with Crippen LogP contribution in [0.15, 0.2) is 122 Å². The van der Waals surface area contributed by atoms with Gasteiger partial charge in [0.15, 0.2) is 12.6 Å². The second-order valence-electron chi connectivity index (χ2n) is 25.7. The summed E-state index contributed by atoms with van der Waals surface area (Å²) < 4.78 is 22.9. The lowest BCUT2D eigenvalue weighted by Gasteiger charge is -2.46. The van der Waals surface area contributed by atoms with Crippen molar-refractivity contribution < 1.29 is 64.6 Å². The van der Waals surface area contributed by atoms with Gasteiger partial charge in [0.25, 0.3) is 0 Å². The summed E-state index contributed by atoms with van der Waals surface area (Å²) in [5, 5.41) is 87.7. The number of hydrogen-bond donors (Lipinski definition) is 9. The second-order valence-corrected chi connectivity index (χ2v) is 25.7. The predicted molar refractivity (Wildman–Crippen MR) is 382 cm³/mol. The maximum atomic E-state index is 13.4. The van der Waals surface area contributed by atoms with Crippen molar-refractivity contribution in [1.82, 2.24) is 5.32 Å². The van der Waals surface area contributed by atoms with Crippen molar-refractivity contribution in [2.45, 2.75) is 351 Å². The van der Waals surface area contributed by atoms with Gasteiger partial charge in [0.2, 0.25) is 5.91 Å². The molecule has 14 nitrogen and oxygen atoms in total. The summed E-state index contributed by atoms with van der Waals surface area (Å²) in [6, 6.07) is -0.854. The molecule has 12 unspecified atom stereocenters. The lowest BCUT2D eigenvalue weighted by molar-refractivity contribution is -0.359. The Hall–Kier alpha value is -3.61. The average molecular weight is 1310 g/mol. The second kappa shape index (κ2) is 61.9. The Morgan fingerprint density at radius 1 is 0.398 bits per heavy atom. The van der Waals surface area contributed by atoms with Crippen LogP contribution in [0.25, 0.3) is 0 Å². The molecule has 2 saturated heterocycles. The van der Waals surface area contributed by atoms with E-state index in [9.17, 15) is 45.6 Å². The number of carbonyl (C=O) groups is 1. The number of aliphatic hydroxyl groups excluding tert-OH is 8. The van der Waals surface area contributed by atoms with Gasteiger partial charge in [-0.25, -0.2) is 0 Å². The lowest BCUT2D eigenvalue weighted by atomic mass is 9.97. The molecule has 14 heteroatoms. The van der Waals surface area contributed by atoms with Gasteiger partial charge in [-0.2, -0.15) is 0 Å². The van der Waals surface area contributed by atoms with Gasteiger partial charge in [-0.1, -0.05) is 302 Å². The fraction of sp³-hybridized carbons (Fsp3) is 0.734. The van der Waals surface area contributed by atoms with Crippen LogP contribution in [0.1, 0.15) is 277 Å². The molecule has 0 aromatic rings. The number of ether oxygens (including phenoxy) is 4. The number of aliphatic hydroxyl groups is 8. The molecular weight excluding hydrogens is 1170 g/mol. The molecule has 0 aromatic heterocycles. The first-order chi connectivity index (χ1) is 45.6. The van der Waals surface area contributed by atoms with Crippen LogP contribution >= 0.6 is 0 Å². The Kier molecular flexibility index (Phi) is 56.9. The van der Waals surface area contributed by atoms with Crippen LogP contribution < -0.4 is 5.32 Å². The molecule has 93 heavy (non-hydrogen) atoms. The molecule has 0 saturated carbocycles. The van der Waals surface area contributed by atoms with Gasteiger partial charge in [0, 0.05) is 6.42 Å². The van der Waals surface area contributed by atoms with Crippen molar-refractivity contribution in [1.29, 1.82) is 0 Å². The van der Waals surface area contributed by atoms with E-state index in [2.05, 4.69) is 141 Å². The third-order valence-corrected chi connectivity index (χ3v) is 17.4. The van der Waals surface area contributed by atoms with Crippen molar-refractivity contribution in [3.63, 3.8) is 0 Å². The molecular formula is C79H135NO13. The molecule has 0 bridgehead atoms. The van der Waals surface area contributed by atoms with Gasteiger partial charge in [-0.05, 0) is 89.9 Å². The minimum atomic E-state index is -1.79. The van der Waals surface area contributed by atoms with Gasteiger partial charge in [0.05, 0.1) is 32.0 Å². The highest BCUT2D eigenvalue weighted by atomic mass is 16.7. The van der Waals surface area contributed by atoms with Crippen LogP contribution in [0, 0.1) is 0 Å². The molecule has 0 aromatic carbocycles. The third-order valence-electron chi connectivity index (χ3n) is 17.4. The third kappa shape index (κ3) is 45.5. The van der Waals surface area contributed by atoms with Gasteiger partial charge in [-0.3, -0.25) is 4.79 Å². The molecule has 0 spiro atoms. The fourth-order valence-corrected chi connectivity index (χ4v) is 11.6. The fourth-order valence-electron chi connectivity index (χ4n) is 11.6. The van der Waals surface area contributed by atoms with Gasteiger partial charge in [0.1, 0.15) is 48.8 Å². The molecule has 2 heterocycles. The van der Waals surface area contributed by atoms with E-state index in [-0.39, 0.29) is 18.9 Å². The Balaban J connectivity index is 1.68. The summed E-state index contributed by atoms with van der Waals surface area (Å²) in [7, 11) is 0. The number of unbranched alkanes of at least 4 members (excludes halogenated alkanes) is 27. The lowest BCUT2D eigenvalue weighted by Crippen LogP contribution is -2.65. The molecule has 9 N–H and O–H groups in total. The van der Waals surface area contributed by atoms with Crippen molar-refractivity contribution in [3.05, 3.63) is 122 Å². The standard InChI is InChI=1S/C79H135NO13/c1-3-5-7-9-11-13-15-17-19-21-23-25-27-29-30-31-32-33-34-35-36-37-38-39-41-43-45-47-49-51-53-55-57-59-61-63-71(84)80-67(66-90-78-76(89)74(87)77(70(65-82)92-78)93-79-75(88)73(86)72(85)69(64-81)91-79)68(83)62-60-58-56-54-52-50-48-46-44-42-40-28-26-24-22-20-18-16-14-12-10-8-6-4-2/h5,7,11,13,17,19,23,25,29-30,32-33,35-36,38-39,43,45,49,51,67-70,72-79,81-83,85-89H,3-4,6,8-10,12,14-16,18,20-22,24,26-28,31,34,37,40-42,44,46-48,50,52-66H2,1-2H3,(H,80,84)/b7-5-,13-11-,19-17-,25-23-,30-29-,33-32-,36-35-,39-38-,45-43-,51-49-. The molecule has 1 amide bonds. The molecule has 0 radical (unpaired) electrons. The first-order valence-electron chi connectivity index (χ1n) is 37.3. The van der Waals surface area contributed by atoms with Crippen molar-refractivity contribution in [2.75, 3.05) is 19.8 Å². The van der Waals surface area contributed by atoms with Crippen LogP contribution in [0.3, 0.4) is 0 Å². The number of hydrogen-bond acceptors (Lipinski definition) is 13. The largest absolute Gasteiger partial charge is 0.394 e. The maximum Gasteiger partial charge on any atom is 0.220 e. The number of rotatable bonds is 60. The smallest absolute Gasteiger partial charge is 0.220 e. The zero-order valence-electron chi connectivity index (χ0n) is 58.2. The molecule has 0 aliphatic carbocycles. The molecule has 2 fully saturated rings. The SMILES string of the molecule is CC/C=C\C/C=C\C/C=C\C/C=C\C/C=C\C/C=C\C/C=C\C/C=C\C/C=C\C/C=C\CCCCCCC(=O)NC(COC1OC(CO)C(OC2OC(CO)C(O)C(O)C2O)C(O)C1O)C(O)CCCCCCCCCCCCCCCCCCCCCCCCCC. The van der Waals surface area contributed by atoms with E-state index < -0.39 is 86.8 Å². The minimum absolute atomic E-state index is 0.233. The summed E-state index contributed by atoms with van der Waals surface area (Å²) >= 11 is 0. The molecule has 534 valence electrons. The maximum absolute atomic E-state index is 13.4. The van der Waals surface area contributed by atoms with Gasteiger partial charge < -0.3 is 65.1 Å². The first kappa shape index (κ1) is 85.5. The summed E-state index contributed by atoms with van der Waals surface area (Å²) in [6.45, 7) is 2.75. The van der Waals surface area contributed by atoms with Crippen LogP contribution in [0.5, 0.6) is 0 Å². The zero-order valence-corrected chi connectivity index (χ0v) is 58.2. The van der Waals surface area contributed by atoms with Crippen LogP contribution in [-0.2, 0) is 23.7 Å². The summed E-state index contributed by atoms with van der Waals surface area (Å²) in [4.78, 5) is 13.4. The quantitative estimate of drug-likeness (QED) is 0.0204. The normalized spacial score (nSPS) is 23.3. The van der Waals surface area contributed by atoms with E-state index in [1.165, 1.54) is 128 Å². The van der Waals surface area contributed by atoms with Crippen molar-refractivity contribution in [3.8, 4) is 0 Å². The Morgan fingerprint density at radius 3 is 1.14 bits per heavy atom. The monoisotopic (exact) mass is 1310 g/mol. The van der Waals surface area contributed by atoms with E-state index in [0.717, 1.165) is 116 Å². The van der Waals surface area contributed by atoms with Crippen molar-refractivity contribution >= 4 is 5.91 Å². The van der Waals surface area contributed by atoms with E-state index >= 15 is 0 Å². The number of amides is 1. The number of allylic oxidation sites excluding steroid dienone is 20. The zero-order chi connectivity index (χ0) is 67.3. The molecule has 2 aliphatic rings. The van der Waals surface area contributed by atoms with Crippen molar-refractivity contribution in [2.24, 2.45) is 0 Å². The van der Waals surface area contributed by atoms with E-state index in [1.807, 2.05) is 0 Å². The highest BCUT2D eigenvalue weighted by Crippen LogP contribution is 2.30. The molecule has 2 rings (SSSR count). The average Bonchev–Trinajstić information content (AvgIpc) is 0.854. The van der Waals surface area contributed by atoms with Gasteiger partial charge in [-0.15, -0.1) is 0 Å². The minimum Gasteiger partial charge on any atom is -0.394 e. The van der Waals surface area contributed by atoms with Gasteiger partial charge >= 0.3 is 0 Å².